The summed E-state index contributed by atoms with van der Waals surface area (Å²) in [6.45, 7) is 5.14. The summed E-state index contributed by atoms with van der Waals surface area (Å²) in [6.07, 6.45) is 1.41. The van der Waals surface area contributed by atoms with Gasteiger partial charge < -0.3 is 16.0 Å². The Morgan fingerprint density at radius 2 is 2.42 bits per heavy atom. The summed E-state index contributed by atoms with van der Waals surface area (Å²) in [4.78, 5) is 16.9. The van der Waals surface area contributed by atoms with Crippen molar-refractivity contribution >= 4 is 11.5 Å². The number of hydrogen-bond acceptors (Lipinski definition) is 4. The molecule has 0 atom stereocenters. The van der Waals surface area contributed by atoms with E-state index >= 15 is 0 Å². The van der Waals surface area contributed by atoms with Gasteiger partial charge >= 0.3 is 5.69 Å². The predicted molar refractivity (Wildman–Crippen MR) is 47.8 cm³/mol. The Morgan fingerprint density at radius 3 is 3.00 bits per heavy atom. The van der Waals surface area contributed by atoms with Gasteiger partial charge in [-0.05, 0) is 13.1 Å². The van der Waals surface area contributed by atoms with E-state index in [1.807, 2.05) is 0 Å². The lowest BCUT2D eigenvalue weighted by Gasteiger charge is -2.04. The van der Waals surface area contributed by atoms with Crippen molar-refractivity contribution in [3.05, 3.63) is 29.0 Å². The SMILES string of the molecule is C=CNc1nc(=O)[nH]c(C)c1N. The third-order valence-electron chi connectivity index (χ3n) is 1.41. The van der Waals surface area contributed by atoms with Crippen molar-refractivity contribution < 1.29 is 0 Å². The molecule has 0 bridgehead atoms. The van der Waals surface area contributed by atoms with Crippen molar-refractivity contribution in [1.82, 2.24) is 9.97 Å². The van der Waals surface area contributed by atoms with Gasteiger partial charge in [-0.25, -0.2) is 4.79 Å². The van der Waals surface area contributed by atoms with E-state index in [0.717, 1.165) is 0 Å². The lowest BCUT2D eigenvalue weighted by atomic mass is 10.3. The highest BCUT2D eigenvalue weighted by Gasteiger charge is 2.02. The number of nitrogens with two attached hydrogens (primary N) is 1. The second kappa shape index (κ2) is 3.08. The summed E-state index contributed by atoms with van der Waals surface area (Å²) in [5, 5.41) is 2.67. The molecule has 0 amide bonds. The van der Waals surface area contributed by atoms with Crippen molar-refractivity contribution in [1.29, 1.82) is 0 Å². The standard InChI is InChI=1S/C7H10N4O/c1-3-9-6-5(8)4(2)10-7(12)11-6/h3H,1,8H2,2H3,(H2,9,10,11,12). The minimum atomic E-state index is -0.425. The normalized spacial score (nSPS) is 9.42. The van der Waals surface area contributed by atoms with Crippen LogP contribution < -0.4 is 16.7 Å². The molecule has 0 radical (unpaired) electrons. The molecule has 0 aliphatic carbocycles. The van der Waals surface area contributed by atoms with Gasteiger partial charge in [-0.3, -0.25) is 0 Å². The molecule has 1 rings (SSSR count). The zero-order valence-electron chi connectivity index (χ0n) is 6.72. The lowest BCUT2D eigenvalue weighted by Crippen LogP contribution is -2.16. The van der Waals surface area contributed by atoms with E-state index in [-0.39, 0.29) is 0 Å². The van der Waals surface area contributed by atoms with Gasteiger partial charge in [-0.2, -0.15) is 4.98 Å². The molecule has 12 heavy (non-hydrogen) atoms. The number of aromatic amines is 1. The molecule has 0 fully saturated rings. The highest BCUT2D eigenvalue weighted by Crippen LogP contribution is 2.14. The molecule has 1 aromatic heterocycles. The number of aromatic nitrogens is 2. The van der Waals surface area contributed by atoms with E-state index in [0.29, 0.717) is 17.2 Å². The molecule has 1 heterocycles. The molecule has 4 N–H and O–H groups in total. The van der Waals surface area contributed by atoms with Gasteiger partial charge in [0, 0.05) is 5.69 Å². The number of anilines is 2. The maximum absolute atomic E-state index is 10.8. The summed E-state index contributed by atoms with van der Waals surface area (Å²) in [6, 6.07) is 0. The van der Waals surface area contributed by atoms with Crippen LogP contribution in [-0.4, -0.2) is 9.97 Å². The van der Waals surface area contributed by atoms with Gasteiger partial charge in [-0.15, -0.1) is 0 Å². The Bertz CT molecular complexity index is 355. The van der Waals surface area contributed by atoms with Crippen molar-refractivity contribution in [2.45, 2.75) is 6.92 Å². The second-order valence-electron chi connectivity index (χ2n) is 2.28. The predicted octanol–water partition coefficient (Wildman–Crippen LogP) is 0.216. The van der Waals surface area contributed by atoms with E-state index in [4.69, 9.17) is 5.73 Å². The van der Waals surface area contributed by atoms with Crippen molar-refractivity contribution in [2.24, 2.45) is 0 Å². The quantitative estimate of drug-likeness (QED) is 0.586. The molecular weight excluding hydrogens is 156 g/mol. The Labute approximate surface area is 69.3 Å². The summed E-state index contributed by atoms with van der Waals surface area (Å²) in [7, 11) is 0. The Morgan fingerprint density at radius 1 is 1.75 bits per heavy atom. The van der Waals surface area contributed by atoms with E-state index < -0.39 is 5.69 Å². The fraction of sp³-hybridized carbons (Fsp3) is 0.143. The smallest absolute Gasteiger partial charge is 0.347 e. The number of rotatable bonds is 2. The lowest BCUT2D eigenvalue weighted by molar-refractivity contribution is 1.04. The molecule has 0 saturated carbocycles. The van der Waals surface area contributed by atoms with Crippen LogP contribution in [0.1, 0.15) is 5.69 Å². The number of nitrogens with zero attached hydrogens (tertiary/aromatic N) is 1. The molecule has 0 unspecified atom stereocenters. The van der Waals surface area contributed by atoms with Crippen LogP contribution in [0.2, 0.25) is 0 Å². The van der Waals surface area contributed by atoms with Crippen LogP contribution in [0, 0.1) is 6.92 Å². The van der Waals surface area contributed by atoms with Crippen LogP contribution in [0.5, 0.6) is 0 Å². The third kappa shape index (κ3) is 1.45. The molecule has 0 aromatic carbocycles. The first-order valence-electron chi connectivity index (χ1n) is 3.39. The third-order valence-corrected chi connectivity index (χ3v) is 1.41. The fourth-order valence-electron chi connectivity index (χ4n) is 0.802. The van der Waals surface area contributed by atoms with Crippen LogP contribution in [0.3, 0.4) is 0 Å². The zero-order valence-corrected chi connectivity index (χ0v) is 6.72. The monoisotopic (exact) mass is 166 g/mol. The minimum Gasteiger partial charge on any atom is -0.394 e. The number of hydrogen-bond donors (Lipinski definition) is 3. The number of H-pyrrole nitrogens is 1. The van der Waals surface area contributed by atoms with E-state index in [1.54, 1.807) is 6.92 Å². The van der Waals surface area contributed by atoms with Gasteiger partial charge in [0.2, 0.25) is 0 Å². The van der Waals surface area contributed by atoms with Gasteiger partial charge in [0.25, 0.3) is 0 Å². The highest BCUT2D eigenvalue weighted by atomic mass is 16.1. The van der Waals surface area contributed by atoms with Crippen LogP contribution >= 0.6 is 0 Å². The topological polar surface area (TPSA) is 83.8 Å². The molecule has 0 aliphatic heterocycles. The first-order chi connectivity index (χ1) is 5.65. The molecule has 5 heteroatoms. The Kier molecular flexibility index (Phi) is 2.14. The minimum absolute atomic E-state index is 0.339. The maximum Gasteiger partial charge on any atom is 0.347 e. The summed E-state index contributed by atoms with van der Waals surface area (Å²) < 4.78 is 0. The van der Waals surface area contributed by atoms with Crippen LogP contribution in [0.25, 0.3) is 0 Å². The van der Waals surface area contributed by atoms with Gasteiger partial charge in [0.15, 0.2) is 5.82 Å². The van der Waals surface area contributed by atoms with Gasteiger partial charge in [-0.1, -0.05) is 6.58 Å². The number of nitrogen functional groups attached to an aromatic ring is 1. The van der Waals surface area contributed by atoms with E-state index in [1.165, 1.54) is 6.20 Å². The molecular formula is C7H10N4O. The zero-order chi connectivity index (χ0) is 9.14. The molecule has 5 nitrogen and oxygen atoms in total. The highest BCUT2D eigenvalue weighted by molar-refractivity contribution is 5.63. The first kappa shape index (κ1) is 8.32. The van der Waals surface area contributed by atoms with Crippen LogP contribution in [-0.2, 0) is 0 Å². The molecule has 64 valence electrons. The molecule has 0 saturated heterocycles. The number of aryl methyl sites for hydroxylation is 1. The summed E-state index contributed by atoms with van der Waals surface area (Å²) in [5.41, 5.74) is 6.19. The van der Waals surface area contributed by atoms with Crippen molar-refractivity contribution in [2.75, 3.05) is 11.1 Å². The Hall–Kier alpha value is -1.78. The summed E-state index contributed by atoms with van der Waals surface area (Å²) in [5.74, 6) is 0.339. The van der Waals surface area contributed by atoms with E-state index in [9.17, 15) is 4.79 Å². The summed E-state index contributed by atoms with van der Waals surface area (Å²) >= 11 is 0. The molecule has 0 spiro atoms. The fourth-order valence-corrected chi connectivity index (χ4v) is 0.802. The van der Waals surface area contributed by atoms with Gasteiger partial charge in [0.05, 0.1) is 5.69 Å². The van der Waals surface area contributed by atoms with Crippen LogP contribution in [0.4, 0.5) is 11.5 Å². The van der Waals surface area contributed by atoms with Gasteiger partial charge in [0.1, 0.15) is 0 Å². The average molecular weight is 166 g/mol. The largest absolute Gasteiger partial charge is 0.394 e. The van der Waals surface area contributed by atoms with Crippen molar-refractivity contribution in [3.8, 4) is 0 Å². The molecule has 0 aliphatic rings. The van der Waals surface area contributed by atoms with E-state index in [2.05, 4.69) is 21.9 Å². The first-order valence-corrected chi connectivity index (χ1v) is 3.39. The second-order valence-corrected chi connectivity index (χ2v) is 2.28. The van der Waals surface area contributed by atoms with Crippen molar-refractivity contribution in [3.63, 3.8) is 0 Å². The number of nitrogens with one attached hydrogen (secondary N) is 2. The average Bonchev–Trinajstić information content (AvgIpc) is 2.00. The molecule has 1 aromatic rings. The maximum atomic E-state index is 10.8. The van der Waals surface area contributed by atoms with Crippen LogP contribution in [0.15, 0.2) is 17.6 Å². The Balaban J connectivity index is 3.27.